The van der Waals surface area contributed by atoms with Crippen LogP contribution in [0.4, 0.5) is 5.69 Å². The first-order valence-electron chi connectivity index (χ1n) is 7.69. The van der Waals surface area contributed by atoms with Crippen LogP contribution in [0.3, 0.4) is 0 Å². The highest BCUT2D eigenvalue weighted by molar-refractivity contribution is 7.89. The van der Waals surface area contributed by atoms with Crippen LogP contribution < -0.4 is 5.32 Å². The fourth-order valence-electron chi connectivity index (χ4n) is 2.25. The van der Waals surface area contributed by atoms with Crippen LogP contribution in [0.25, 0.3) is 0 Å². The van der Waals surface area contributed by atoms with Crippen LogP contribution in [0.2, 0.25) is 0 Å². The number of benzene rings is 1. The van der Waals surface area contributed by atoms with Crippen molar-refractivity contribution in [1.29, 1.82) is 0 Å². The lowest BCUT2D eigenvalue weighted by Crippen LogP contribution is -2.30. The molecule has 0 spiro atoms. The Bertz CT molecular complexity index is 630. The van der Waals surface area contributed by atoms with E-state index in [-0.39, 0.29) is 10.8 Å². The van der Waals surface area contributed by atoms with Gasteiger partial charge in [0.15, 0.2) is 0 Å². The van der Waals surface area contributed by atoms with Crippen molar-refractivity contribution in [1.82, 2.24) is 4.31 Å². The Balaban J connectivity index is 2.12. The van der Waals surface area contributed by atoms with Gasteiger partial charge >= 0.3 is 0 Å². The highest BCUT2D eigenvalue weighted by Crippen LogP contribution is 2.24. The average molecular weight is 324 g/mol. The molecule has 1 aromatic carbocycles. The van der Waals surface area contributed by atoms with Crippen molar-refractivity contribution in [2.24, 2.45) is 5.41 Å². The molecule has 5 nitrogen and oxygen atoms in total. The minimum absolute atomic E-state index is 0.0647. The molecule has 0 saturated carbocycles. The Morgan fingerprint density at radius 2 is 1.73 bits per heavy atom. The first-order chi connectivity index (χ1) is 10.3. The van der Waals surface area contributed by atoms with Crippen LogP contribution in [-0.2, 0) is 14.8 Å². The predicted octanol–water partition coefficient (Wildman–Crippen LogP) is 2.85. The van der Waals surface area contributed by atoms with Gasteiger partial charge in [-0.25, -0.2) is 8.42 Å². The van der Waals surface area contributed by atoms with Gasteiger partial charge in [-0.3, -0.25) is 4.79 Å². The monoisotopic (exact) mass is 324 g/mol. The number of anilines is 1. The molecule has 2 rings (SSSR count). The van der Waals surface area contributed by atoms with E-state index in [2.05, 4.69) is 5.32 Å². The summed E-state index contributed by atoms with van der Waals surface area (Å²) in [7, 11) is -3.40. The molecule has 1 aromatic rings. The summed E-state index contributed by atoms with van der Waals surface area (Å²) >= 11 is 0. The SMILES string of the molecule is CCC(C)(C)C(=O)Nc1ccc(S(=O)(=O)N2CCCC2)cc1. The van der Waals surface area contributed by atoms with Gasteiger partial charge in [0, 0.05) is 24.2 Å². The fraction of sp³-hybridized carbons (Fsp3) is 0.562. The van der Waals surface area contributed by atoms with Crippen molar-refractivity contribution >= 4 is 21.6 Å². The van der Waals surface area contributed by atoms with E-state index < -0.39 is 15.4 Å². The summed E-state index contributed by atoms with van der Waals surface area (Å²) in [5, 5.41) is 2.83. The molecule has 0 atom stereocenters. The summed E-state index contributed by atoms with van der Waals surface area (Å²) in [5.74, 6) is -0.0647. The Morgan fingerprint density at radius 3 is 2.23 bits per heavy atom. The fourth-order valence-corrected chi connectivity index (χ4v) is 3.77. The van der Waals surface area contributed by atoms with Gasteiger partial charge in [0.2, 0.25) is 15.9 Å². The summed E-state index contributed by atoms with van der Waals surface area (Å²) in [6.07, 6.45) is 2.57. The minimum atomic E-state index is -3.40. The van der Waals surface area contributed by atoms with Crippen LogP contribution in [0, 0.1) is 5.41 Å². The number of sulfonamides is 1. The summed E-state index contributed by atoms with van der Waals surface area (Å²) in [6, 6.07) is 6.41. The highest BCUT2D eigenvalue weighted by Gasteiger charge is 2.28. The number of rotatable bonds is 5. The Kier molecular flexibility index (Phi) is 4.92. The molecule has 0 unspecified atom stereocenters. The minimum Gasteiger partial charge on any atom is -0.326 e. The summed E-state index contributed by atoms with van der Waals surface area (Å²) in [5.41, 5.74) is 0.173. The van der Waals surface area contributed by atoms with E-state index in [0.29, 0.717) is 18.8 Å². The second-order valence-corrected chi connectivity index (χ2v) is 8.27. The van der Waals surface area contributed by atoms with Crippen LogP contribution >= 0.6 is 0 Å². The molecule has 0 aromatic heterocycles. The third-order valence-corrected chi connectivity index (χ3v) is 6.23. The van der Waals surface area contributed by atoms with Crippen molar-refractivity contribution in [3.05, 3.63) is 24.3 Å². The lowest BCUT2D eigenvalue weighted by Gasteiger charge is -2.21. The van der Waals surface area contributed by atoms with Gasteiger partial charge in [-0.05, 0) is 43.5 Å². The molecule has 0 bridgehead atoms. The van der Waals surface area contributed by atoms with Crippen molar-refractivity contribution in [3.63, 3.8) is 0 Å². The molecule has 1 aliphatic rings. The zero-order valence-corrected chi connectivity index (χ0v) is 14.2. The van der Waals surface area contributed by atoms with E-state index >= 15 is 0 Å². The lowest BCUT2D eigenvalue weighted by atomic mass is 9.89. The molecule has 1 heterocycles. The van der Waals surface area contributed by atoms with Crippen LogP contribution in [-0.4, -0.2) is 31.7 Å². The van der Waals surface area contributed by atoms with E-state index in [1.165, 1.54) is 4.31 Å². The number of carbonyl (C=O) groups is 1. The van der Waals surface area contributed by atoms with Crippen LogP contribution in [0.15, 0.2) is 29.2 Å². The van der Waals surface area contributed by atoms with Crippen molar-refractivity contribution in [3.8, 4) is 0 Å². The molecule has 22 heavy (non-hydrogen) atoms. The zero-order chi connectivity index (χ0) is 16.4. The molecule has 0 radical (unpaired) electrons. The Hall–Kier alpha value is -1.40. The third-order valence-electron chi connectivity index (χ3n) is 4.31. The standard InChI is InChI=1S/C16H24N2O3S/c1-4-16(2,3)15(19)17-13-7-9-14(10-8-13)22(20,21)18-11-5-6-12-18/h7-10H,4-6,11-12H2,1-3H3,(H,17,19). The van der Waals surface area contributed by atoms with Gasteiger partial charge in [-0.2, -0.15) is 4.31 Å². The van der Waals surface area contributed by atoms with E-state index in [4.69, 9.17) is 0 Å². The molecule has 1 fully saturated rings. The number of nitrogens with one attached hydrogen (secondary N) is 1. The van der Waals surface area contributed by atoms with Gasteiger partial charge in [0.05, 0.1) is 4.90 Å². The average Bonchev–Trinajstić information content (AvgIpc) is 3.02. The van der Waals surface area contributed by atoms with Gasteiger partial charge in [0.1, 0.15) is 0 Å². The molecular weight excluding hydrogens is 300 g/mol. The molecule has 1 amide bonds. The maximum Gasteiger partial charge on any atom is 0.243 e. The quantitative estimate of drug-likeness (QED) is 0.905. The lowest BCUT2D eigenvalue weighted by molar-refractivity contribution is -0.124. The van der Waals surface area contributed by atoms with E-state index in [0.717, 1.165) is 19.3 Å². The van der Waals surface area contributed by atoms with E-state index in [1.54, 1.807) is 24.3 Å². The van der Waals surface area contributed by atoms with E-state index in [1.807, 2.05) is 20.8 Å². The molecule has 6 heteroatoms. The molecule has 1 aliphatic heterocycles. The smallest absolute Gasteiger partial charge is 0.243 e. The molecule has 1 saturated heterocycles. The summed E-state index contributed by atoms with van der Waals surface area (Å²) in [6.45, 7) is 6.91. The molecule has 0 aliphatic carbocycles. The Labute approximate surface area is 132 Å². The first-order valence-corrected chi connectivity index (χ1v) is 9.13. The highest BCUT2D eigenvalue weighted by atomic mass is 32.2. The van der Waals surface area contributed by atoms with Crippen molar-refractivity contribution in [2.45, 2.75) is 44.9 Å². The number of carbonyl (C=O) groups excluding carboxylic acids is 1. The van der Waals surface area contributed by atoms with Gasteiger partial charge in [0.25, 0.3) is 0 Å². The summed E-state index contributed by atoms with van der Waals surface area (Å²) in [4.78, 5) is 12.4. The van der Waals surface area contributed by atoms with E-state index in [9.17, 15) is 13.2 Å². The number of hydrogen-bond donors (Lipinski definition) is 1. The van der Waals surface area contributed by atoms with Crippen LogP contribution in [0.1, 0.15) is 40.0 Å². The summed E-state index contributed by atoms with van der Waals surface area (Å²) < 4.78 is 26.3. The molecule has 122 valence electrons. The third kappa shape index (κ3) is 3.50. The number of hydrogen-bond acceptors (Lipinski definition) is 3. The maximum absolute atomic E-state index is 12.4. The number of nitrogens with zero attached hydrogens (tertiary/aromatic N) is 1. The van der Waals surface area contributed by atoms with Gasteiger partial charge in [-0.15, -0.1) is 0 Å². The van der Waals surface area contributed by atoms with Crippen LogP contribution in [0.5, 0.6) is 0 Å². The van der Waals surface area contributed by atoms with Crippen molar-refractivity contribution in [2.75, 3.05) is 18.4 Å². The Morgan fingerprint density at radius 1 is 1.18 bits per heavy atom. The second kappa shape index (κ2) is 6.38. The van der Waals surface area contributed by atoms with Gasteiger partial charge < -0.3 is 5.32 Å². The normalized spacial score (nSPS) is 16.7. The molecule has 1 N–H and O–H groups in total. The van der Waals surface area contributed by atoms with Crippen molar-refractivity contribution < 1.29 is 13.2 Å². The zero-order valence-electron chi connectivity index (χ0n) is 13.4. The largest absolute Gasteiger partial charge is 0.326 e. The van der Waals surface area contributed by atoms with Gasteiger partial charge in [-0.1, -0.05) is 20.8 Å². The second-order valence-electron chi connectivity index (χ2n) is 6.33. The molecular formula is C16H24N2O3S. The number of amides is 1. The predicted molar refractivity (Wildman–Crippen MR) is 87.1 cm³/mol. The maximum atomic E-state index is 12.4. The topological polar surface area (TPSA) is 66.5 Å². The first kappa shape index (κ1) is 17.0.